The van der Waals surface area contributed by atoms with Gasteiger partial charge in [0.05, 0.1) is 11.9 Å². The van der Waals surface area contributed by atoms with Crippen molar-refractivity contribution in [1.29, 1.82) is 0 Å². The summed E-state index contributed by atoms with van der Waals surface area (Å²) in [6.07, 6.45) is 4.85. The summed E-state index contributed by atoms with van der Waals surface area (Å²) in [5.74, 6) is 0.345. The summed E-state index contributed by atoms with van der Waals surface area (Å²) in [6, 6.07) is 13.6. The van der Waals surface area contributed by atoms with Crippen molar-refractivity contribution in [2.24, 2.45) is 0 Å². The number of carbonyl (C=O) groups is 1. The Morgan fingerprint density at radius 2 is 1.82 bits per heavy atom. The van der Waals surface area contributed by atoms with Crippen LogP contribution in [0.25, 0.3) is 28.2 Å². The lowest BCUT2D eigenvalue weighted by molar-refractivity contribution is 0.102. The van der Waals surface area contributed by atoms with E-state index < -0.39 is 0 Å². The van der Waals surface area contributed by atoms with Crippen molar-refractivity contribution in [3.05, 3.63) is 89.8 Å². The van der Waals surface area contributed by atoms with Crippen molar-refractivity contribution >= 4 is 17.4 Å². The molecule has 9 nitrogen and oxygen atoms in total. The van der Waals surface area contributed by atoms with E-state index >= 15 is 0 Å². The molecule has 0 aliphatic rings. The Bertz CT molecular complexity index is 1670. The molecule has 5 rings (SSSR count). The van der Waals surface area contributed by atoms with Crippen LogP contribution in [0.15, 0.2) is 67.1 Å². The number of fused-ring (bicyclic) bond motifs is 1. The molecule has 5 aromatic rings. The van der Waals surface area contributed by atoms with Crippen LogP contribution in [0.1, 0.15) is 21.6 Å². The normalized spacial score (nSPS) is 11.2. The molecule has 0 aliphatic heterocycles. The molecule has 1 amide bonds. The van der Waals surface area contributed by atoms with E-state index in [-0.39, 0.29) is 11.7 Å². The number of pyridine rings is 2. The SMILES string of the molecule is Cc1cc(C(=O)Nc2cc(-c3c(-c4ccc(F)c(C)c4)nc4c(OCCN(C)C)ccnn34)ccn2)ccn1. The van der Waals surface area contributed by atoms with E-state index in [9.17, 15) is 9.18 Å². The third-order valence-corrected chi connectivity index (χ3v) is 6.14. The van der Waals surface area contributed by atoms with E-state index in [1.165, 1.54) is 6.07 Å². The average Bonchev–Trinajstić information content (AvgIpc) is 3.31. The molecule has 4 aromatic heterocycles. The second-order valence-corrected chi connectivity index (χ2v) is 9.43. The third kappa shape index (κ3) is 5.60. The molecule has 0 atom stereocenters. The summed E-state index contributed by atoms with van der Waals surface area (Å²) in [4.78, 5) is 28.3. The minimum Gasteiger partial charge on any atom is -0.488 e. The fraction of sp³-hybridized carbons (Fsp3) is 0.207. The van der Waals surface area contributed by atoms with E-state index in [4.69, 9.17) is 9.72 Å². The first-order chi connectivity index (χ1) is 18.8. The third-order valence-electron chi connectivity index (χ3n) is 6.14. The van der Waals surface area contributed by atoms with Gasteiger partial charge in [-0.25, -0.2) is 18.9 Å². The van der Waals surface area contributed by atoms with Gasteiger partial charge in [-0.15, -0.1) is 0 Å². The van der Waals surface area contributed by atoms with E-state index in [1.807, 2.05) is 32.0 Å². The highest BCUT2D eigenvalue weighted by molar-refractivity contribution is 6.04. The predicted molar refractivity (Wildman–Crippen MR) is 147 cm³/mol. The van der Waals surface area contributed by atoms with E-state index in [0.717, 1.165) is 17.8 Å². The van der Waals surface area contributed by atoms with Gasteiger partial charge in [0.1, 0.15) is 23.9 Å². The number of amides is 1. The van der Waals surface area contributed by atoms with Gasteiger partial charge < -0.3 is 15.0 Å². The molecule has 198 valence electrons. The monoisotopic (exact) mass is 525 g/mol. The van der Waals surface area contributed by atoms with Gasteiger partial charge in [-0.2, -0.15) is 5.10 Å². The number of likely N-dealkylation sites (N-methyl/N-ethyl adjacent to an activating group) is 1. The van der Waals surface area contributed by atoms with Crippen molar-refractivity contribution < 1.29 is 13.9 Å². The van der Waals surface area contributed by atoms with Crippen LogP contribution in [-0.2, 0) is 0 Å². The molecule has 1 N–H and O–H groups in total. The summed E-state index contributed by atoms with van der Waals surface area (Å²) in [5, 5.41) is 7.43. The van der Waals surface area contributed by atoms with Crippen molar-refractivity contribution in [2.75, 3.05) is 32.6 Å². The summed E-state index contributed by atoms with van der Waals surface area (Å²) in [5.41, 5.74) is 4.95. The van der Waals surface area contributed by atoms with Gasteiger partial charge in [0, 0.05) is 47.4 Å². The largest absolute Gasteiger partial charge is 0.488 e. The first kappa shape index (κ1) is 25.9. The Morgan fingerprint density at radius 1 is 1.00 bits per heavy atom. The number of hydrogen-bond acceptors (Lipinski definition) is 7. The van der Waals surface area contributed by atoms with E-state index in [1.54, 1.807) is 66.4 Å². The topological polar surface area (TPSA) is 97.5 Å². The van der Waals surface area contributed by atoms with Gasteiger partial charge in [-0.05, 0) is 76.0 Å². The molecule has 4 heterocycles. The van der Waals surface area contributed by atoms with Crippen LogP contribution in [0.5, 0.6) is 5.75 Å². The number of ether oxygens (including phenoxy) is 1. The lowest BCUT2D eigenvalue weighted by Crippen LogP contribution is -2.19. The number of rotatable bonds is 8. The fourth-order valence-electron chi connectivity index (χ4n) is 4.15. The van der Waals surface area contributed by atoms with Crippen molar-refractivity contribution in [3.63, 3.8) is 0 Å². The van der Waals surface area contributed by atoms with Crippen LogP contribution in [0.4, 0.5) is 10.2 Å². The van der Waals surface area contributed by atoms with Gasteiger partial charge in [0.15, 0.2) is 11.4 Å². The molecular weight excluding hydrogens is 497 g/mol. The molecule has 39 heavy (non-hydrogen) atoms. The number of imidazole rings is 1. The van der Waals surface area contributed by atoms with Crippen LogP contribution < -0.4 is 10.1 Å². The summed E-state index contributed by atoms with van der Waals surface area (Å²) < 4.78 is 21.9. The lowest BCUT2D eigenvalue weighted by Gasteiger charge is -2.11. The number of aromatic nitrogens is 5. The maximum Gasteiger partial charge on any atom is 0.256 e. The summed E-state index contributed by atoms with van der Waals surface area (Å²) in [6.45, 7) is 4.74. The average molecular weight is 526 g/mol. The Kier molecular flexibility index (Phi) is 7.29. The quantitative estimate of drug-likeness (QED) is 0.311. The van der Waals surface area contributed by atoms with Gasteiger partial charge in [0.2, 0.25) is 0 Å². The number of hydrogen-bond donors (Lipinski definition) is 1. The zero-order valence-corrected chi connectivity index (χ0v) is 22.1. The predicted octanol–water partition coefficient (Wildman–Crippen LogP) is 4.80. The molecule has 0 saturated carbocycles. The molecule has 0 fully saturated rings. The Hall–Kier alpha value is -4.70. The summed E-state index contributed by atoms with van der Waals surface area (Å²) in [7, 11) is 3.95. The van der Waals surface area contributed by atoms with Gasteiger partial charge >= 0.3 is 0 Å². The van der Waals surface area contributed by atoms with Crippen molar-refractivity contribution in [3.8, 4) is 28.3 Å². The zero-order valence-electron chi connectivity index (χ0n) is 22.1. The lowest BCUT2D eigenvalue weighted by atomic mass is 10.0. The van der Waals surface area contributed by atoms with Crippen LogP contribution in [0.2, 0.25) is 0 Å². The smallest absolute Gasteiger partial charge is 0.256 e. The van der Waals surface area contributed by atoms with Crippen LogP contribution in [0.3, 0.4) is 0 Å². The molecular formula is C29H28FN7O2. The Balaban J connectivity index is 1.60. The molecule has 0 radical (unpaired) electrons. The molecule has 0 aliphatic carbocycles. The Labute approximate surface area is 225 Å². The number of aryl methyl sites for hydroxylation is 2. The minimum absolute atomic E-state index is 0.296. The number of anilines is 1. The first-order valence-corrected chi connectivity index (χ1v) is 12.4. The molecule has 0 bridgehead atoms. The van der Waals surface area contributed by atoms with Gasteiger partial charge in [0.25, 0.3) is 5.91 Å². The standard InChI is InChI=1S/C29H28FN7O2/c1-18-15-20(5-6-23(18)30)26-27(37-28(35-26)24(9-12-33-37)39-14-13-36(3)4)21-7-11-32-25(17-21)34-29(38)22-8-10-31-19(2)16-22/h5-12,15-17H,13-14H2,1-4H3,(H,32,34,38). The molecule has 0 spiro atoms. The van der Waals surface area contributed by atoms with Crippen LogP contribution in [0, 0.1) is 19.7 Å². The summed E-state index contributed by atoms with van der Waals surface area (Å²) >= 11 is 0. The molecule has 10 heteroatoms. The van der Waals surface area contributed by atoms with Gasteiger partial charge in [-0.3, -0.25) is 9.78 Å². The number of benzene rings is 1. The highest BCUT2D eigenvalue weighted by Gasteiger charge is 2.21. The van der Waals surface area contributed by atoms with Gasteiger partial charge in [-0.1, -0.05) is 0 Å². The van der Waals surface area contributed by atoms with E-state index in [0.29, 0.717) is 51.9 Å². The highest BCUT2D eigenvalue weighted by atomic mass is 19.1. The number of halogens is 1. The second kappa shape index (κ2) is 11.0. The molecule has 1 aromatic carbocycles. The number of nitrogens with one attached hydrogen (secondary N) is 1. The number of carbonyl (C=O) groups excluding carboxylic acids is 1. The maximum absolute atomic E-state index is 14.1. The molecule has 0 unspecified atom stereocenters. The van der Waals surface area contributed by atoms with Crippen molar-refractivity contribution in [2.45, 2.75) is 13.8 Å². The first-order valence-electron chi connectivity index (χ1n) is 12.4. The Morgan fingerprint density at radius 3 is 2.59 bits per heavy atom. The van der Waals surface area contributed by atoms with Crippen molar-refractivity contribution in [1.82, 2.24) is 29.5 Å². The number of nitrogens with zero attached hydrogens (tertiary/aromatic N) is 6. The fourth-order valence-corrected chi connectivity index (χ4v) is 4.15. The second-order valence-electron chi connectivity index (χ2n) is 9.43. The highest BCUT2D eigenvalue weighted by Crippen LogP contribution is 2.36. The van der Waals surface area contributed by atoms with Crippen LogP contribution >= 0.6 is 0 Å². The molecule has 0 saturated heterocycles. The maximum atomic E-state index is 14.1. The van der Waals surface area contributed by atoms with E-state index in [2.05, 4.69) is 20.4 Å². The van der Waals surface area contributed by atoms with Crippen LogP contribution in [-0.4, -0.2) is 62.6 Å². The minimum atomic E-state index is -0.299. The zero-order chi connectivity index (χ0) is 27.5.